The van der Waals surface area contributed by atoms with E-state index in [1.165, 1.54) is 212 Å². The molecule has 1 amide bonds. The van der Waals surface area contributed by atoms with Crippen molar-refractivity contribution in [3.05, 3.63) is 24.3 Å². The van der Waals surface area contributed by atoms with Crippen molar-refractivity contribution in [2.24, 2.45) is 0 Å². The Balaban J connectivity index is 3.43. The lowest BCUT2D eigenvalue weighted by molar-refractivity contribution is -0.143. The van der Waals surface area contributed by atoms with Gasteiger partial charge in [0.05, 0.1) is 25.4 Å². The Morgan fingerprint density at radius 3 is 1.14 bits per heavy atom. The van der Waals surface area contributed by atoms with Gasteiger partial charge in [-0.25, -0.2) is 0 Å². The highest BCUT2D eigenvalue weighted by Crippen LogP contribution is 2.17. The van der Waals surface area contributed by atoms with Gasteiger partial charge in [0.2, 0.25) is 5.91 Å². The summed E-state index contributed by atoms with van der Waals surface area (Å²) in [7, 11) is 0. The summed E-state index contributed by atoms with van der Waals surface area (Å²) >= 11 is 0. The third kappa shape index (κ3) is 51.6. The molecule has 2 unspecified atom stereocenters. The van der Waals surface area contributed by atoms with Crippen LogP contribution in [-0.4, -0.2) is 47.4 Å². The molecule has 0 saturated heterocycles. The Labute approximate surface area is 405 Å². The lowest BCUT2D eigenvalue weighted by Gasteiger charge is -2.22. The summed E-state index contributed by atoms with van der Waals surface area (Å²) < 4.78 is 5.47. The van der Waals surface area contributed by atoms with Crippen LogP contribution < -0.4 is 5.32 Å². The topological polar surface area (TPSA) is 95.9 Å². The molecule has 2 atom stereocenters. The number of unbranched alkanes of at least 4 members (excludes halogenated alkanes) is 40. The number of ether oxygens (including phenoxy) is 1. The van der Waals surface area contributed by atoms with E-state index in [0.717, 1.165) is 70.6 Å². The van der Waals surface area contributed by atoms with Crippen molar-refractivity contribution < 1.29 is 24.5 Å². The molecule has 0 spiro atoms. The van der Waals surface area contributed by atoms with Gasteiger partial charge >= 0.3 is 5.97 Å². The van der Waals surface area contributed by atoms with Crippen LogP contribution in [0.5, 0.6) is 0 Å². The molecule has 0 aliphatic heterocycles. The van der Waals surface area contributed by atoms with Gasteiger partial charge in [-0.1, -0.05) is 269 Å². The predicted molar refractivity (Wildman–Crippen MR) is 283 cm³/mol. The maximum atomic E-state index is 12.4. The fourth-order valence-corrected chi connectivity index (χ4v) is 9.04. The Morgan fingerprint density at radius 1 is 0.431 bits per heavy atom. The van der Waals surface area contributed by atoms with E-state index in [1.54, 1.807) is 0 Å². The average molecular weight is 917 g/mol. The molecule has 0 rings (SSSR count). The predicted octanol–water partition coefficient (Wildman–Crippen LogP) is 17.9. The fourth-order valence-electron chi connectivity index (χ4n) is 9.04. The molecule has 0 fully saturated rings. The molecule has 0 aromatic rings. The van der Waals surface area contributed by atoms with E-state index in [9.17, 15) is 19.8 Å². The van der Waals surface area contributed by atoms with E-state index >= 15 is 0 Å². The molecule has 0 aromatic carbocycles. The van der Waals surface area contributed by atoms with Crippen LogP contribution in [0.25, 0.3) is 0 Å². The van der Waals surface area contributed by atoms with Crippen molar-refractivity contribution in [2.45, 2.75) is 328 Å². The van der Waals surface area contributed by atoms with Gasteiger partial charge < -0.3 is 20.3 Å². The van der Waals surface area contributed by atoms with Crippen molar-refractivity contribution in [3.63, 3.8) is 0 Å². The van der Waals surface area contributed by atoms with Gasteiger partial charge in [0.25, 0.3) is 0 Å². The van der Waals surface area contributed by atoms with E-state index in [1.807, 2.05) is 0 Å². The van der Waals surface area contributed by atoms with Crippen LogP contribution in [0.4, 0.5) is 0 Å². The van der Waals surface area contributed by atoms with Crippen LogP contribution in [0.15, 0.2) is 24.3 Å². The Morgan fingerprint density at radius 2 is 0.754 bits per heavy atom. The molecule has 0 saturated carbocycles. The highest BCUT2D eigenvalue weighted by molar-refractivity contribution is 5.76. The fraction of sp³-hybridized carbons (Fsp3) is 0.898. The first-order valence-corrected chi connectivity index (χ1v) is 29.1. The molecule has 6 heteroatoms. The number of allylic oxidation sites excluding steroid dienone is 4. The van der Waals surface area contributed by atoms with Gasteiger partial charge in [-0.15, -0.1) is 0 Å². The largest absolute Gasteiger partial charge is 0.466 e. The first kappa shape index (κ1) is 63.3. The van der Waals surface area contributed by atoms with Gasteiger partial charge in [-0.2, -0.15) is 0 Å². The minimum Gasteiger partial charge on any atom is -0.466 e. The second-order valence-electron chi connectivity index (χ2n) is 20.0. The number of hydrogen-bond acceptors (Lipinski definition) is 5. The molecule has 0 aromatic heterocycles. The zero-order valence-electron chi connectivity index (χ0n) is 43.7. The lowest BCUT2D eigenvalue weighted by Crippen LogP contribution is -2.45. The third-order valence-corrected chi connectivity index (χ3v) is 13.5. The standard InChI is InChI=1S/C59H113NO5/c1-3-5-7-9-11-13-15-16-17-18-20-24-27-30-33-37-41-45-49-53-59(64)65-54-50-46-42-38-34-31-28-25-22-19-21-23-26-29-32-36-40-44-48-52-58(63)60-56(55-61)57(62)51-47-43-39-35-14-12-10-8-6-4-2/h25,28,31,34,56-57,61-62H,3-24,26-27,29-30,32-33,35-55H2,1-2H3,(H,60,63)/b28-25-,34-31-. The number of amides is 1. The molecule has 0 aliphatic carbocycles. The molecule has 384 valence electrons. The zero-order valence-corrected chi connectivity index (χ0v) is 43.7. The van der Waals surface area contributed by atoms with E-state index < -0.39 is 12.1 Å². The first-order chi connectivity index (χ1) is 32.0. The van der Waals surface area contributed by atoms with Crippen molar-refractivity contribution in [3.8, 4) is 0 Å². The van der Waals surface area contributed by atoms with Crippen LogP contribution >= 0.6 is 0 Å². The van der Waals surface area contributed by atoms with Crippen LogP contribution in [0.3, 0.4) is 0 Å². The normalized spacial score (nSPS) is 12.7. The highest BCUT2D eigenvalue weighted by Gasteiger charge is 2.20. The Kier molecular flexibility index (Phi) is 53.5. The number of esters is 1. The molecule has 0 heterocycles. The summed E-state index contributed by atoms with van der Waals surface area (Å²) in [4.78, 5) is 24.5. The van der Waals surface area contributed by atoms with Gasteiger partial charge in [-0.3, -0.25) is 9.59 Å². The highest BCUT2D eigenvalue weighted by atomic mass is 16.5. The van der Waals surface area contributed by atoms with E-state index in [4.69, 9.17) is 4.74 Å². The summed E-state index contributed by atoms with van der Waals surface area (Å²) in [6.45, 7) is 4.91. The van der Waals surface area contributed by atoms with Crippen molar-refractivity contribution in [2.75, 3.05) is 13.2 Å². The maximum Gasteiger partial charge on any atom is 0.305 e. The minimum absolute atomic E-state index is 0.00857. The number of nitrogens with one attached hydrogen (secondary N) is 1. The minimum atomic E-state index is -0.669. The average Bonchev–Trinajstić information content (AvgIpc) is 3.31. The van der Waals surface area contributed by atoms with Crippen LogP contribution in [-0.2, 0) is 14.3 Å². The molecule has 0 aliphatic rings. The summed E-state index contributed by atoms with van der Waals surface area (Å²) in [6.07, 6.45) is 66.1. The smallest absolute Gasteiger partial charge is 0.305 e. The Hall–Kier alpha value is -1.66. The number of aliphatic hydroxyl groups excluding tert-OH is 2. The third-order valence-electron chi connectivity index (χ3n) is 13.5. The monoisotopic (exact) mass is 916 g/mol. The number of rotatable bonds is 54. The number of hydrogen-bond donors (Lipinski definition) is 3. The van der Waals surface area contributed by atoms with Crippen molar-refractivity contribution >= 4 is 11.9 Å². The van der Waals surface area contributed by atoms with Gasteiger partial charge in [-0.05, 0) is 57.8 Å². The first-order valence-electron chi connectivity index (χ1n) is 29.1. The van der Waals surface area contributed by atoms with Crippen LogP contribution in [0, 0.1) is 0 Å². The summed E-state index contributed by atoms with van der Waals surface area (Å²) in [5.41, 5.74) is 0. The molecular formula is C59H113NO5. The molecular weight excluding hydrogens is 803 g/mol. The second kappa shape index (κ2) is 54.9. The van der Waals surface area contributed by atoms with Crippen LogP contribution in [0.1, 0.15) is 316 Å². The summed E-state index contributed by atoms with van der Waals surface area (Å²) in [5.74, 6) is -0.0546. The molecule has 0 radical (unpaired) electrons. The summed E-state index contributed by atoms with van der Waals surface area (Å²) in [6, 6.07) is -0.547. The van der Waals surface area contributed by atoms with Gasteiger partial charge in [0, 0.05) is 12.8 Å². The molecule has 65 heavy (non-hydrogen) atoms. The van der Waals surface area contributed by atoms with E-state index in [2.05, 4.69) is 43.5 Å². The second-order valence-corrected chi connectivity index (χ2v) is 20.0. The Bertz CT molecular complexity index is 1010. The molecule has 3 N–H and O–H groups in total. The van der Waals surface area contributed by atoms with Crippen molar-refractivity contribution in [1.29, 1.82) is 0 Å². The number of aliphatic hydroxyl groups is 2. The zero-order chi connectivity index (χ0) is 47.2. The maximum absolute atomic E-state index is 12.4. The quantitative estimate of drug-likeness (QED) is 0.0321. The SMILES string of the molecule is CCCCCCCCCCCCCCCCCCCCCC(=O)OCCCCC/C=C\C=C/CCCCCCCCCCCCC(=O)NC(CO)C(O)CCCCCCCCCCCC. The van der Waals surface area contributed by atoms with Gasteiger partial charge in [0.1, 0.15) is 0 Å². The summed E-state index contributed by atoms with van der Waals surface area (Å²) in [5, 5.41) is 23.1. The van der Waals surface area contributed by atoms with E-state index in [0.29, 0.717) is 25.9 Å². The van der Waals surface area contributed by atoms with Crippen LogP contribution in [0.2, 0.25) is 0 Å². The number of carbonyl (C=O) groups is 2. The van der Waals surface area contributed by atoms with Gasteiger partial charge in [0.15, 0.2) is 0 Å². The number of carbonyl (C=O) groups excluding carboxylic acids is 2. The molecule has 0 bridgehead atoms. The molecule has 6 nitrogen and oxygen atoms in total. The lowest BCUT2D eigenvalue weighted by atomic mass is 10.0. The van der Waals surface area contributed by atoms with E-state index in [-0.39, 0.29) is 18.5 Å². The van der Waals surface area contributed by atoms with Crippen molar-refractivity contribution in [1.82, 2.24) is 5.32 Å².